The fourth-order valence-corrected chi connectivity index (χ4v) is 3.13. The van der Waals surface area contributed by atoms with E-state index < -0.39 is 0 Å². The molecule has 4 heteroatoms. The second-order valence-electron chi connectivity index (χ2n) is 6.09. The maximum Gasteiger partial charge on any atom is 0.123 e. The first-order valence-electron chi connectivity index (χ1n) is 8.17. The van der Waals surface area contributed by atoms with Gasteiger partial charge in [-0.05, 0) is 61.3 Å². The van der Waals surface area contributed by atoms with E-state index in [4.69, 9.17) is 0 Å². The molecule has 0 unspecified atom stereocenters. The highest BCUT2D eigenvalue weighted by Gasteiger charge is 2.18. The van der Waals surface area contributed by atoms with E-state index in [1.165, 1.54) is 24.3 Å². The van der Waals surface area contributed by atoms with Gasteiger partial charge in [-0.2, -0.15) is 0 Å². The minimum Gasteiger partial charge on any atom is -0.317 e. The highest BCUT2D eigenvalue weighted by molar-refractivity contribution is 5.33. The Morgan fingerprint density at radius 2 is 1.35 bits per heavy atom. The van der Waals surface area contributed by atoms with Crippen molar-refractivity contribution in [3.8, 4) is 0 Å². The summed E-state index contributed by atoms with van der Waals surface area (Å²) >= 11 is 0. The van der Waals surface area contributed by atoms with Crippen molar-refractivity contribution >= 4 is 0 Å². The lowest BCUT2D eigenvalue weighted by atomic mass is 9.90. The van der Waals surface area contributed by atoms with Crippen LogP contribution in [0.25, 0.3) is 0 Å². The number of nitrogens with one attached hydrogen (secondary N) is 2. The van der Waals surface area contributed by atoms with Crippen LogP contribution < -0.4 is 10.6 Å². The van der Waals surface area contributed by atoms with Crippen LogP contribution in [-0.4, -0.2) is 25.7 Å². The average molecular weight is 316 g/mol. The summed E-state index contributed by atoms with van der Waals surface area (Å²) < 4.78 is 26.4. The van der Waals surface area contributed by atoms with Crippen molar-refractivity contribution in [2.75, 3.05) is 19.6 Å². The SMILES string of the molecule is Fc1ccc(C(CNC2CCNCC2)c2ccc(F)cc2)cc1. The molecule has 1 aliphatic heterocycles. The Morgan fingerprint density at radius 1 is 0.870 bits per heavy atom. The predicted molar refractivity (Wildman–Crippen MR) is 88.5 cm³/mol. The quantitative estimate of drug-likeness (QED) is 0.883. The average Bonchev–Trinajstić information content (AvgIpc) is 2.59. The zero-order valence-electron chi connectivity index (χ0n) is 13.1. The maximum atomic E-state index is 13.2. The molecule has 1 aliphatic rings. The predicted octanol–water partition coefficient (Wildman–Crippen LogP) is 3.44. The van der Waals surface area contributed by atoms with Crippen molar-refractivity contribution < 1.29 is 8.78 Å². The third-order valence-electron chi connectivity index (χ3n) is 4.49. The van der Waals surface area contributed by atoms with E-state index in [1.807, 2.05) is 24.3 Å². The van der Waals surface area contributed by atoms with Crippen molar-refractivity contribution in [1.82, 2.24) is 10.6 Å². The van der Waals surface area contributed by atoms with Crippen LogP contribution in [0.3, 0.4) is 0 Å². The molecule has 0 saturated carbocycles. The van der Waals surface area contributed by atoms with Gasteiger partial charge in [0.05, 0.1) is 0 Å². The molecule has 1 saturated heterocycles. The lowest BCUT2D eigenvalue weighted by Crippen LogP contribution is -2.41. The maximum absolute atomic E-state index is 13.2. The molecule has 0 amide bonds. The summed E-state index contributed by atoms with van der Waals surface area (Å²) in [4.78, 5) is 0. The normalized spacial score (nSPS) is 16.0. The van der Waals surface area contributed by atoms with Crippen LogP contribution in [-0.2, 0) is 0 Å². The number of benzene rings is 2. The minimum atomic E-state index is -0.238. The molecule has 0 radical (unpaired) electrons. The van der Waals surface area contributed by atoms with Gasteiger partial charge in [-0.1, -0.05) is 24.3 Å². The van der Waals surface area contributed by atoms with Gasteiger partial charge in [0.2, 0.25) is 0 Å². The molecule has 2 nitrogen and oxygen atoms in total. The summed E-state index contributed by atoms with van der Waals surface area (Å²) in [5.41, 5.74) is 2.08. The van der Waals surface area contributed by atoms with E-state index >= 15 is 0 Å². The topological polar surface area (TPSA) is 24.1 Å². The summed E-state index contributed by atoms with van der Waals surface area (Å²) in [6, 6.07) is 13.7. The van der Waals surface area contributed by atoms with Gasteiger partial charge in [0, 0.05) is 18.5 Å². The number of rotatable bonds is 5. The van der Waals surface area contributed by atoms with Gasteiger partial charge in [0.1, 0.15) is 11.6 Å². The molecule has 0 aromatic heterocycles. The first-order chi connectivity index (χ1) is 11.2. The van der Waals surface area contributed by atoms with Crippen molar-refractivity contribution in [2.24, 2.45) is 0 Å². The fraction of sp³-hybridized carbons (Fsp3) is 0.368. The first-order valence-corrected chi connectivity index (χ1v) is 8.17. The van der Waals surface area contributed by atoms with Crippen molar-refractivity contribution in [1.29, 1.82) is 0 Å². The summed E-state index contributed by atoms with van der Waals surface area (Å²) in [5.74, 6) is -0.387. The van der Waals surface area contributed by atoms with Gasteiger partial charge in [0.25, 0.3) is 0 Å². The summed E-state index contributed by atoms with van der Waals surface area (Å²) in [5, 5.41) is 6.98. The van der Waals surface area contributed by atoms with Crippen molar-refractivity contribution in [2.45, 2.75) is 24.8 Å². The Labute approximate surface area is 135 Å². The van der Waals surface area contributed by atoms with Crippen LogP contribution in [0.1, 0.15) is 29.9 Å². The van der Waals surface area contributed by atoms with Gasteiger partial charge >= 0.3 is 0 Å². The zero-order chi connectivity index (χ0) is 16.1. The van der Waals surface area contributed by atoms with Gasteiger partial charge < -0.3 is 10.6 Å². The molecule has 0 aliphatic carbocycles. The highest BCUT2D eigenvalue weighted by Crippen LogP contribution is 2.25. The van der Waals surface area contributed by atoms with E-state index in [-0.39, 0.29) is 17.6 Å². The van der Waals surface area contributed by atoms with Crippen LogP contribution in [0.5, 0.6) is 0 Å². The van der Waals surface area contributed by atoms with E-state index in [2.05, 4.69) is 10.6 Å². The molecular weight excluding hydrogens is 294 g/mol. The third-order valence-corrected chi connectivity index (χ3v) is 4.49. The molecule has 2 aromatic rings. The Kier molecular flexibility index (Phi) is 5.36. The Hall–Kier alpha value is -1.78. The molecule has 2 N–H and O–H groups in total. The Balaban J connectivity index is 1.77. The third kappa shape index (κ3) is 4.36. The lowest BCUT2D eigenvalue weighted by Gasteiger charge is -2.27. The molecule has 0 atom stereocenters. The minimum absolute atomic E-state index is 0.0890. The van der Waals surface area contributed by atoms with E-state index in [1.54, 1.807) is 0 Å². The smallest absolute Gasteiger partial charge is 0.123 e. The molecule has 1 fully saturated rings. The lowest BCUT2D eigenvalue weighted by molar-refractivity contribution is 0.383. The van der Waals surface area contributed by atoms with Crippen LogP contribution in [0, 0.1) is 11.6 Å². The van der Waals surface area contributed by atoms with Gasteiger partial charge in [-0.15, -0.1) is 0 Å². The van der Waals surface area contributed by atoms with Gasteiger partial charge in [-0.25, -0.2) is 8.78 Å². The number of piperidine rings is 1. The molecule has 1 heterocycles. The van der Waals surface area contributed by atoms with Crippen LogP contribution in [0.15, 0.2) is 48.5 Å². The molecule has 0 spiro atoms. The monoisotopic (exact) mass is 316 g/mol. The van der Waals surface area contributed by atoms with E-state index in [0.29, 0.717) is 6.04 Å². The second kappa shape index (κ2) is 7.66. The van der Waals surface area contributed by atoms with Crippen LogP contribution >= 0.6 is 0 Å². The molecular formula is C19H22F2N2. The number of halogens is 2. The number of hydrogen-bond donors (Lipinski definition) is 2. The van der Waals surface area contributed by atoms with E-state index in [9.17, 15) is 8.78 Å². The zero-order valence-corrected chi connectivity index (χ0v) is 13.1. The van der Waals surface area contributed by atoms with Crippen molar-refractivity contribution in [3.05, 3.63) is 71.3 Å². The fourth-order valence-electron chi connectivity index (χ4n) is 3.13. The molecule has 23 heavy (non-hydrogen) atoms. The standard InChI is InChI=1S/C19H22F2N2/c20-16-5-1-14(2-6-16)19(15-3-7-17(21)8-4-15)13-23-18-9-11-22-12-10-18/h1-8,18-19,22-23H,9-13H2. The first kappa shape index (κ1) is 16.1. The van der Waals surface area contributed by atoms with E-state index in [0.717, 1.165) is 43.6 Å². The second-order valence-corrected chi connectivity index (χ2v) is 6.09. The summed E-state index contributed by atoms with van der Waals surface area (Å²) in [6.07, 6.45) is 2.22. The summed E-state index contributed by atoms with van der Waals surface area (Å²) in [6.45, 7) is 2.84. The Bertz CT molecular complexity index is 559. The molecule has 122 valence electrons. The number of hydrogen-bond acceptors (Lipinski definition) is 2. The van der Waals surface area contributed by atoms with Crippen molar-refractivity contribution in [3.63, 3.8) is 0 Å². The van der Waals surface area contributed by atoms with Gasteiger partial charge in [-0.3, -0.25) is 0 Å². The van der Waals surface area contributed by atoms with Gasteiger partial charge in [0.15, 0.2) is 0 Å². The molecule has 0 bridgehead atoms. The summed E-state index contributed by atoms with van der Waals surface area (Å²) in [7, 11) is 0. The molecule has 2 aromatic carbocycles. The van der Waals surface area contributed by atoms with Crippen LogP contribution in [0.2, 0.25) is 0 Å². The molecule has 3 rings (SSSR count). The Morgan fingerprint density at radius 3 is 1.83 bits per heavy atom. The highest BCUT2D eigenvalue weighted by atomic mass is 19.1. The van der Waals surface area contributed by atoms with Crippen LogP contribution in [0.4, 0.5) is 8.78 Å². The largest absolute Gasteiger partial charge is 0.317 e.